The highest BCUT2D eigenvalue weighted by atomic mass is 79.9. The summed E-state index contributed by atoms with van der Waals surface area (Å²) in [7, 11) is -3.65. The van der Waals surface area contributed by atoms with Gasteiger partial charge in [0, 0.05) is 28.8 Å². The maximum absolute atomic E-state index is 12.4. The molecule has 2 aromatic rings. The molecule has 7 heteroatoms. The molecule has 1 aliphatic heterocycles. The highest BCUT2D eigenvalue weighted by Gasteiger charge is 2.24. The van der Waals surface area contributed by atoms with Gasteiger partial charge >= 0.3 is 0 Å². The van der Waals surface area contributed by atoms with Gasteiger partial charge in [-0.25, -0.2) is 8.42 Å². The summed E-state index contributed by atoms with van der Waals surface area (Å²) in [5, 5.41) is 0. The Balaban J connectivity index is 1.72. The number of nitrogens with one attached hydrogen (secondary N) is 1. The number of carbonyl (C=O) groups is 1. The quantitative estimate of drug-likeness (QED) is 0.815. The molecule has 1 fully saturated rings. The van der Waals surface area contributed by atoms with Crippen molar-refractivity contribution in [2.75, 3.05) is 17.8 Å². The number of benzene rings is 2. The van der Waals surface area contributed by atoms with Crippen LogP contribution in [0.3, 0.4) is 0 Å². The molecule has 132 valence electrons. The van der Waals surface area contributed by atoms with E-state index in [0.29, 0.717) is 17.2 Å². The van der Waals surface area contributed by atoms with E-state index in [4.69, 9.17) is 0 Å². The van der Waals surface area contributed by atoms with E-state index in [-0.39, 0.29) is 10.8 Å². The lowest BCUT2D eigenvalue weighted by Crippen LogP contribution is -2.28. The van der Waals surface area contributed by atoms with Crippen LogP contribution in [0.15, 0.2) is 57.9 Å². The molecule has 0 bridgehead atoms. The first-order valence-electron chi connectivity index (χ1n) is 8.03. The Morgan fingerprint density at radius 3 is 2.32 bits per heavy atom. The lowest BCUT2D eigenvalue weighted by atomic mass is 10.1. The largest absolute Gasteiger partial charge is 0.338 e. The van der Waals surface area contributed by atoms with Gasteiger partial charge in [-0.2, -0.15) is 0 Å². The molecule has 1 aliphatic rings. The van der Waals surface area contributed by atoms with Gasteiger partial charge in [-0.3, -0.25) is 9.52 Å². The highest BCUT2D eigenvalue weighted by Crippen LogP contribution is 2.21. The summed E-state index contributed by atoms with van der Waals surface area (Å²) in [6, 6.07) is 12.9. The summed E-state index contributed by atoms with van der Waals surface area (Å²) in [4.78, 5) is 14.4. The van der Waals surface area contributed by atoms with Crippen LogP contribution >= 0.6 is 15.9 Å². The van der Waals surface area contributed by atoms with E-state index >= 15 is 0 Å². The van der Waals surface area contributed by atoms with E-state index in [2.05, 4.69) is 27.6 Å². The SMILES string of the molecule is CC1CCN(C(=O)c2ccc(NS(=O)(=O)c3ccc(Br)cc3)cc2)C1. The summed E-state index contributed by atoms with van der Waals surface area (Å²) in [5.74, 6) is 0.521. The van der Waals surface area contributed by atoms with Crippen LogP contribution in [0.1, 0.15) is 23.7 Å². The van der Waals surface area contributed by atoms with Crippen LogP contribution in [0.25, 0.3) is 0 Å². The van der Waals surface area contributed by atoms with Crippen LogP contribution in [0, 0.1) is 5.92 Å². The standard InChI is InChI=1S/C18H19BrN2O3S/c1-13-10-11-21(12-13)18(22)14-2-6-16(7-3-14)20-25(23,24)17-8-4-15(19)5-9-17/h2-9,13,20H,10-12H2,1H3. The molecule has 0 aliphatic carbocycles. The van der Waals surface area contributed by atoms with Crippen molar-refractivity contribution < 1.29 is 13.2 Å². The molecule has 3 rings (SSSR count). The fourth-order valence-electron chi connectivity index (χ4n) is 2.81. The van der Waals surface area contributed by atoms with Gasteiger partial charge in [-0.05, 0) is 60.9 Å². The van der Waals surface area contributed by atoms with Crippen LogP contribution in [0.4, 0.5) is 5.69 Å². The summed E-state index contributed by atoms with van der Waals surface area (Å²) < 4.78 is 28.1. The second-order valence-corrected chi connectivity index (χ2v) is 8.88. The smallest absolute Gasteiger partial charge is 0.261 e. The van der Waals surface area contributed by atoms with Crippen molar-refractivity contribution in [2.24, 2.45) is 5.92 Å². The molecule has 25 heavy (non-hydrogen) atoms. The zero-order valence-corrected chi connectivity index (χ0v) is 16.2. The van der Waals surface area contributed by atoms with Crippen LogP contribution in [-0.4, -0.2) is 32.3 Å². The number of anilines is 1. The van der Waals surface area contributed by atoms with E-state index in [9.17, 15) is 13.2 Å². The van der Waals surface area contributed by atoms with E-state index in [1.54, 1.807) is 36.4 Å². The Bertz CT molecular complexity index is 864. The summed E-state index contributed by atoms with van der Waals surface area (Å²) in [5.41, 5.74) is 0.995. The van der Waals surface area contributed by atoms with Crippen molar-refractivity contribution in [2.45, 2.75) is 18.2 Å². The molecule has 1 atom stereocenters. The molecule has 1 saturated heterocycles. The third-order valence-corrected chi connectivity index (χ3v) is 6.14. The van der Waals surface area contributed by atoms with Gasteiger partial charge in [0.15, 0.2) is 0 Å². The Kier molecular flexibility index (Phi) is 5.15. The summed E-state index contributed by atoms with van der Waals surface area (Å²) >= 11 is 3.28. The molecule has 0 spiro atoms. The molecule has 1 heterocycles. The maximum atomic E-state index is 12.4. The monoisotopic (exact) mass is 422 g/mol. The number of likely N-dealkylation sites (tertiary alicyclic amines) is 1. The Morgan fingerprint density at radius 1 is 1.12 bits per heavy atom. The number of rotatable bonds is 4. The number of nitrogens with zero attached hydrogens (tertiary/aromatic N) is 1. The van der Waals surface area contributed by atoms with Crippen LogP contribution in [0.5, 0.6) is 0 Å². The maximum Gasteiger partial charge on any atom is 0.261 e. The highest BCUT2D eigenvalue weighted by molar-refractivity contribution is 9.10. The van der Waals surface area contributed by atoms with Gasteiger partial charge in [0.2, 0.25) is 0 Å². The molecule has 0 radical (unpaired) electrons. The van der Waals surface area contributed by atoms with Crippen LogP contribution < -0.4 is 4.72 Å². The van der Waals surface area contributed by atoms with Crippen LogP contribution in [-0.2, 0) is 10.0 Å². The first-order valence-corrected chi connectivity index (χ1v) is 10.3. The molecule has 0 saturated carbocycles. The van der Waals surface area contributed by atoms with Gasteiger partial charge in [0.1, 0.15) is 0 Å². The number of sulfonamides is 1. The first kappa shape index (κ1) is 17.9. The average molecular weight is 423 g/mol. The van der Waals surface area contributed by atoms with Crippen molar-refractivity contribution in [3.05, 3.63) is 58.6 Å². The van der Waals surface area contributed by atoms with Crippen molar-refractivity contribution in [1.82, 2.24) is 4.90 Å². The number of hydrogen-bond donors (Lipinski definition) is 1. The van der Waals surface area contributed by atoms with Gasteiger partial charge in [-0.15, -0.1) is 0 Å². The van der Waals surface area contributed by atoms with Crippen LogP contribution in [0.2, 0.25) is 0 Å². The third kappa shape index (κ3) is 4.22. The lowest BCUT2D eigenvalue weighted by molar-refractivity contribution is 0.0788. The van der Waals surface area contributed by atoms with Gasteiger partial charge < -0.3 is 4.90 Å². The zero-order chi connectivity index (χ0) is 18.0. The van der Waals surface area contributed by atoms with Crippen molar-refractivity contribution in [3.63, 3.8) is 0 Å². The van der Waals surface area contributed by atoms with Gasteiger partial charge in [0.25, 0.3) is 15.9 Å². The van der Waals surface area contributed by atoms with Gasteiger partial charge in [0.05, 0.1) is 4.90 Å². The molecule has 2 aromatic carbocycles. The zero-order valence-electron chi connectivity index (χ0n) is 13.8. The number of carbonyl (C=O) groups excluding carboxylic acids is 1. The van der Waals surface area contributed by atoms with E-state index in [1.807, 2.05) is 4.90 Å². The molecule has 1 unspecified atom stereocenters. The minimum atomic E-state index is -3.65. The van der Waals surface area contributed by atoms with Gasteiger partial charge in [-0.1, -0.05) is 22.9 Å². The molecule has 5 nitrogen and oxygen atoms in total. The second-order valence-electron chi connectivity index (χ2n) is 6.28. The molecule has 1 N–H and O–H groups in total. The molecule has 0 aromatic heterocycles. The summed E-state index contributed by atoms with van der Waals surface area (Å²) in [6.45, 7) is 3.68. The number of halogens is 1. The van der Waals surface area contributed by atoms with Crippen molar-refractivity contribution in [3.8, 4) is 0 Å². The fourth-order valence-corrected chi connectivity index (χ4v) is 4.13. The fraction of sp³-hybridized carbons (Fsp3) is 0.278. The predicted octanol–water partition coefficient (Wildman–Crippen LogP) is 3.73. The average Bonchev–Trinajstić information content (AvgIpc) is 3.01. The topological polar surface area (TPSA) is 66.5 Å². The van der Waals surface area contributed by atoms with Crippen molar-refractivity contribution in [1.29, 1.82) is 0 Å². The molecular formula is C18H19BrN2O3S. The molecular weight excluding hydrogens is 404 g/mol. The van der Waals surface area contributed by atoms with Crippen molar-refractivity contribution >= 4 is 37.5 Å². The van der Waals surface area contributed by atoms with E-state index < -0.39 is 10.0 Å². The molecule has 1 amide bonds. The first-order chi connectivity index (χ1) is 11.8. The Morgan fingerprint density at radius 2 is 1.76 bits per heavy atom. The second kappa shape index (κ2) is 7.17. The third-order valence-electron chi connectivity index (χ3n) is 4.22. The Hall–Kier alpha value is -1.86. The number of amides is 1. The van der Waals surface area contributed by atoms with E-state index in [1.165, 1.54) is 12.1 Å². The normalized spacial score (nSPS) is 17.5. The lowest BCUT2D eigenvalue weighted by Gasteiger charge is -2.16. The number of hydrogen-bond acceptors (Lipinski definition) is 3. The summed E-state index contributed by atoms with van der Waals surface area (Å²) in [6.07, 6.45) is 1.02. The minimum absolute atomic E-state index is 0.00772. The minimum Gasteiger partial charge on any atom is -0.338 e. The van der Waals surface area contributed by atoms with E-state index in [0.717, 1.165) is 24.0 Å². The predicted molar refractivity (Wildman–Crippen MR) is 101 cm³/mol. The Labute approximate surface area is 156 Å².